The number of carbonyl (C=O) groups is 2. The Morgan fingerprint density at radius 3 is 2.44 bits per heavy atom. The molecule has 1 atom stereocenters. The maximum Gasteiger partial charge on any atom is 0.258 e. The van der Waals surface area contributed by atoms with E-state index in [2.05, 4.69) is 10.6 Å². The molecule has 0 aromatic heterocycles. The van der Waals surface area contributed by atoms with E-state index < -0.39 is 11.9 Å². The van der Waals surface area contributed by atoms with Gasteiger partial charge in [-0.05, 0) is 35.9 Å². The molecule has 5 nitrogen and oxygen atoms in total. The van der Waals surface area contributed by atoms with Crippen LogP contribution in [0.4, 0.5) is 4.39 Å². The van der Waals surface area contributed by atoms with Gasteiger partial charge in [0.15, 0.2) is 6.61 Å². The standard InChI is InChI=1S/C18H18ClFN2O3/c1-21-17(23)10-16(14-4-2-3-5-15(14)19)22-18(24)11-25-13-8-6-12(20)7-9-13/h2-9,16H,10-11H2,1H3,(H,21,23)(H,22,24). The lowest BCUT2D eigenvalue weighted by Crippen LogP contribution is -2.35. The van der Waals surface area contributed by atoms with E-state index in [4.69, 9.17) is 16.3 Å². The zero-order valence-electron chi connectivity index (χ0n) is 13.6. The molecule has 0 saturated carbocycles. The van der Waals surface area contributed by atoms with E-state index in [0.29, 0.717) is 16.3 Å². The SMILES string of the molecule is CNC(=O)CC(NC(=O)COc1ccc(F)cc1)c1ccccc1Cl. The van der Waals surface area contributed by atoms with Gasteiger partial charge in [0, 0.05) is 12.1 Å². The van der Waals surface area contributed by atoms with Crippen molar-refractivity contribution in [1.29, 1.82) is 0 Å². The van der Waals surface area contributed by atoms with E-state index >= 15 is 0 Å². The van der Waals surface area contributed by atoms with Gasteiger partial charge in [0.25, 0.3) is 5.91 Å². The van der Waals surface area contributed by atoms with Crippen molar-refractivity contribution < 1.29 is 18.7 Å². The van der Waals surface area contributed by atoms with E-state index in [1.165, 1.54) is 31.3 Å². The number of nitrogens with one attached hydrogen (secondary N) is 2. The number of hydrogen-bond donors (Lipinski definition) is 2. The van der Waals surface area contributed by atoms with Crippen molar-refractivity contribution in [2.24, 2.45) is 0 Å². The molecular weight excluding hydrogens is 347 g/mol. The van der Waals surface area contributed by atoms with Crippen molar-refractivity contribution >= 4 is 23.4 Å². The molecule has 0 aliphatic carbocycles. The number of hydrogen-bond acceptors (Lipinski definition) is 3. The highest BCUT2D eigenvalue weighted by Crippen LogP contribution is 2.25. The summed E-state index contributed by atoms with van der Waals surface area (Å²) in [7, 11) is 1.52. The topological polar surface area (TPSA) is 67.4 Å². The zero-order chi connectivity index (χ0) is 18.2. The van der Waals surface area contributed by atoms with Crippen LogP contribution in [-0.2, 0) is 9.59 Å². The van der Waals surface area contributed by atoms with E-state index in [1.807, 2.05) is 0 Å². The van der Waals surface area contributed by atoms with Gasteiger partial charge in [0.05, 0.1) is 12.5 Å². The monoisotopic (exact) mass is 364 g/mol. The lowest BCUT2D eigenvalue weighted by molar-refractivity contribution is -0.124. The van der Waals surface area contributed by atoms with Gasteiger partial charge in [0.1, 0.15) is 11.6 Å². The molecule has 0 fully saturated rings. The number of amides is 2. The largest absolute Gasteiger partial charge is 0.484 e. The molecular formula is C18H18ClFN2O3. The van der Waals surface area contributed by atoms with Gasteiger partial charge in [-0.15, -0.1) is 0 Å². The molecule has 0 spiro atoms. The van der Waals surface area contributed by atoms with Crippen LogP contribution in [0.5, 0.6) is 5.75 Å². The van der Waals surface area contributed by atoms with Crippen molar-refractivity contribution in [1.82, 2.24) is 10.6 Å². The molecule has 7 heteroatoms. The first-order valence-corrected chi connectivity index (χ1v) is 8.00. The first-order valence-electron chi connectivity index (χ1n) is 7.62. The third kappa shape index (κ3) is 5.76. The Hall–Kier alpha value is -2.60. The van der Waals surface area contributed by atoms with Gasteiger partial charge in [-0.25, -0.2) is 4.39 Å². The van der Waals surface area contributed by atoms with Crippen molar-refractivity contribution in [2.75, 3.05) is 13.7 Å². The molecule has 25 heavy (non-hydrogen) atoms. The Morgan fingerprint density at radius 2 is 1.80 bits per heavy atom. The minimum absolute atomic E-state index is 0.0442. The van der Waals surface area contributed by atoms with Gasteiger partial charge >= 0.3 is 0 Å². The number of ether oxygens (including phenoxy) is 1. The zero-order valence-corrected chi connectivity index (χ0v) is 14.3. The Morgan fingerprint density at radius 1 is 1.12 bits per heavy atom. The third-order valence-electron chi connectivity index (χ3n) is 3.47. The molecule has 0 aliphatic heterocycles. The number of rotatable bonds is 7. The maximum absolute atomic E-state index is 12.9. The minimum atomic E-state index is -0.585. The highest BCUT2D eigenvalue weighted by Gasteiger charge is 2.20. The van der Waals surface area contributed by atoms with Crippen LogP contribution < -0.4 is 15.4 Å². The predicted octanol–water partition coefficient (Wildman–Crippen LogP) is 2.85. The summed E-state index contributed by atoms with van der Waals surface area (Å²) in [4.78, 5) is 23.9. The lowest BCUT2D eigenvalue weighted by Gasteiger charge is -2.20. The highest BCUT2D eigenvalue weighted by molar-refractivity contribution is 6.31. The van der Waals surface area contributed by atoms with Crippen LogP contribution in [-0.4, -0.2) is 25.5 Å². The molecule has 0 bridgehead atoms. The molecule has 0 saturated heterocycles. The first-order chi connectivity index (χ1) is 12.0. The van der Waals surface area contributed by atoms with Gasteiger partial charge in [-0.1, -0.05) is 29.8 Å². The van der Waals surface area contributed by atoms with Crippen LogP contribution >= 0.6 is 11.6 Å². The van der Waals surface area contributed by atoms with Crippen molar-refractivity contribution in [3.63, 3.8) is 0 Å². The maximum atomic E-state index is 12.9. The van der Waals surface area contributed by atoms with Gasteiger partial charge in [0.2, 0.25) is 5.91 Å². The van der Waals surface area contributed by atoms with Crippen LogP contribution in [0.2, 0.25) is 5.02 Å². The van der Waals surface area contributed by atoms with Gasteiger partial charge in [-0.2, -0.15) is 0 Å². The summed E-state index contributed by atoms with van der Waals surface area (Å²) < 4.78 is 18.2. The fraction of sp³-hybridized carbons (Fsp3) is 0.222. The summed E-state index contributed by atoms with van der Waals surface area (Å²) >= 11 is 6.17. The molecule has 2 aromatic rings. The average Bonchev–Trinajstić information content (AvgIpc) is 2.61. The second-order valence-corrected chi connectivity index (χ2v) is 5.67. The molecule has 2 aromatic carbocycles. The summed E-state index contributed by atoms with van der Waals surface area (Å²) in [5, 5.41) is 5.71. The summed E-state index contributed by atoms with van der Waals surface area (Å²) in [6, 6.07) is 11.7. The van der Waals surface area contributed by atoms with E-state index in [1.54, 1.807) is 24.3 Å². The lowest BCUT2D eigenvalue weighted by atomic mass is 10.0. The number of halogens is 2. The number of benzene rings is 2. The average molecular weight is 365 g/mol. The second kappa shape index (κ2) is 9.03. The summed E-state index contributed by atoms with van der Waals surface area (Å²) in [5.41, 5.74) is 0.642. The van der Waals surface area contributed by atoms with Gasteiger partial charge in [-0.3, -0.25) is 9.59 Å². The molecule has 2 amide bonds. The first kappa shape index (κ1) is 18.7. The van der Waals surface area contributed by atoms with E-state index in [-0.39, 0.29) is 24.8 Å². The van der Waals surface area contributed by atoms with Crippen LogP contribution in [0.3, 0.4) is 0 Å². The summed E-state index contributed by atoms with van der Waals surface area (Å²) in [6.45, 7) is -0.264. The van der Waals surface area contributed by atoms with Crippen LogP contribution in [0.1, 0.15) is 18.0 Å². The predicted molar refractivity (Wildman–Crippen MR) is 92.9 cm³/mol. The molecule has 2 rings (SSSR count). The quantitative estimate of drug-likeness (QED) is 0.793. The molecule has 0 aliphatic rings. The molecule has 1 unspecified atom stereocenters. The normalized spacial score (nSPS) is 11.5. The van der Waals surface area contributed by atoms with Crippen LogP contribution in [0.15, 0.2) is 48.5 Å². The Balaban J connectivity index is 2.02. The third-order valence-corrected chi connectivity index (χ3v) is 3.81. The van der Waals surface area contributed by atoms with Crippen LogP contribution in [0.25, 0.3) is 0 Å². The Labute approximate surface area is 150 Å². The van der Waals surface area contributed by atoms with E-state index in [0.717, 1.165) is 0 Å². The fourth-order valence-electron chi connectivity index (χ4n) is 2.20. The molecule has 132 valence electrons. The molecule has 0 heterocycles. The smallest absolute Gasteiger partial charge is 0.258 e. The van der Waals surface area contributed by atoms with Crippen molar-refractivity contribution in [3.05, 3.63) is 64.9 Å². The fourth-order valence-corrected chi connectivity index (χ4v) is 2.47. The molecule has 2 N–H and O–H groups in total. The minimum Gasteiger partial charge on any atom is -0.484 e. The van der Waals surface area contributed by atoms with E-state index in [9.17, 15) is 14.0 Å². The molecule has 0 radical (unpaired) electrons. The van der Waals surface area contributed by atoms with Crippen LogP contribution in [0, 0.1) is 5.82 Å². The van der Waals surface area contributed by atoms with Crippen molar-refractivity contribution in [3.8, 4) is 5.75 Å². The highest BCUT2D eigenvalue weighted by atomic mass is 35.5. The second-order valence-electron chi connectivity index (χ2n) is 5.26. The summed E-state index contributed by atoms with van der Waals surface area (Å²) in [5.74, 6) is -0.666. The Kier molecular flexibility index (Phi) is 6.77. The summed E-state index contributed by atoms with van der Waals surface area (Å²) in [6.07, 6.45) is 0.0442. The van der Waals surface area contributed by atoms with Gasteiger partial charge < -0.3 is 15.4 Å². The van der Waals surface area contributed by atoms with Crippen molar-refractivity contribution in [2.45, 2.75) is 12.5 Å². The Bertz CT molecular complexity index is 737. The number of carbonyl (C=O) groups excluding carboxylic acids is 2.